The third kappa shape index (κ3) is 3.38. The van der Waals surface area contributed by atoms with Crippen LogP contribution in [0.25, 0.3) is 4.96 Å². The van der Waals surface area contributed by atoms with Crippen LogP contribution in [0.1, 0.15) is 15.9 Å². The van der Waals surface area contributed by atoms with Gasteiger partial charge in [0.15, 0.2) is 11.5 Å². The number of carbonyl (C=O) groups excluding carboxylic acids is 1. The molecule has 10 nitrogen and oxygen atoms in total. The molecular weight excluding hydrogens is 398 g/mol. The van der Waals surface area contributed by atoms with Crippen LogP contribution in [0, 0.1) is 0 Å². The molecule has 4 heterocycles. The smallest absolute Gasteiger partial charge is 0.288 e. The van der Waals surface area contributed by atoms with Gasteiger partial charge in [-0.15, -0.1) is 5.10 Å². The number of aromatic nitrogens is 3. The highest BCUT2D eigenvalue weighted by atomic mass is 32.1. The van der Waals surface area contributed by atoms with Crippen molar-refractivity contribution in [2.75, 3.05) is 38.0 Å². The molecule has 1 fully saturated rings. The molecule has 0 aliphatic carbocycles. The SMILES string of the molecule is O=C(NCc1ccc2c(c1)OCO2)c1cnc2sc(N3CCOCC3)nn2c1=O. The second-order valence-electron chi connectivity index (χ2n) is 6.53. The molecule has 3 aromatic rings. The molecule has 2 aliphatic rings. The average molecular weight is 415 g/mol. The zero-order valence-electron chi connectivity index (χ0n) is 15.3. The number of carbonyl (C=O) groups is 1. The minimum atomic E-state index is -0.504. The molecule has 1 saturated heterocycles. The highest BCUT2D eigenvalue weighted by molar-refractivity contribution is 7.20. The van der Waals surface area contributed by atoms with Gasteiger partial charge in [0.2, 0.25) is 16.9 Å². The summed E-state index contributed by atoms with van der Waals surface area (Å²) in [6.07, 6.45) is 1.30. The molecular formula is C18H17N5O5S. The summed E-state index contributed by atoms with van der Waals surface area (Å²) < 4.78 is 17.1. The van der Waals surface area contributed by atoms with Crippen molar-refractivity contribution in [3.05, 3.63) is 45.9 Å². The Labute approximate surface area is 168 Å². The number of morpholine rings is 1. The molecule has 0 atom stereocenters. The van der Waals surface area contributed by atoms with Crippen LogP contribution in [0.15, 0.2) is 29.2 Å². The lowest BCUT2D eigenvalue weighted by molar-refractivity contribution is 0.0948. The molecule has 1 N–H and O–H groups in total. The molecule has 11 heteroatoms. The van der Waals surface area contributed by atoms with E-state index < -0.39 is 11.5 Å². The molecule has 0 radical (unpaired) electrons. The monoisotopic (exact) mass is 415 g/mol. The Morgan fingerprint density at radius 3 is 2.90 bits per heavy atom. The van der Waals surface area contributed by atoms with Crippen molar-refractivity contribution in [2.24, 2.45) is 0 Å². The first-order valence-electron chi connectivity index (χ1n) is 9.07. The fraction of sp³-hybridized carbons (Fsp3) is 0.333. The van der Waals surface area contributed by atoms with Gasteiger partial charge in [-0.05, 0) is 17.7 Å². The van der Waals surface area contributed by atoms with Crippen molar-refractivity contribution >= 4 is 27.3 Å². The normalized spacial score (nSPS) is 15.7. The van der Waals surface area contributed by atoms with Crippen LogP contribution in [-0.4, -0.2) is 53.6 Å². The van der Waals surface area contributed by atoms with E-state index in [0.717, 1.165) is 5.56 Å². The molecule has 0 bridgehead atoms. The number of fused-ring (bicyclic) bond motifs is 2. The van der Waals surface area contributed by atoms with Crippen molar-refractivity contribution < 1.29 is 19.0 Å². The maximum absolute atomic E-state index is 12.8. The number of hydrogen-bond acceptors (Lipinski definition) is 9. The fourth-order valence-electron chi connectivity index (χ4n) is 3.14. The van der Waals surface area contributed by atoms with Crippen LogP contribution in [0.2, 0.25) is 0 Å². The van der Waals surface area contributed by atoms with E-state index in [1.165, 1.54) is 22.0 Å². The van der Waals surface area contributed by atoms with Gasteiger partial charge in [0.25, 0.3) is 11.5 Å². The number of ether oxygens (including phenoxy) is 3. The minimum Gasteiger partial charge on any atom is -0.454 e. The summed E-state index contributed by atoms with van der Waals surface area (Å²) in [6.45, 7) is 3.08. The first kappa shape index (κ1) is 17.9. The van der Waals surface area contributed by atoms with E-state index in [4.69, 9.17) is 14.2 Å². The van der Waals surface area contributed by atoms with Crippen LogP contribution in [0.3, 0.4) is 0 Å². The van der Waals surface area contributed by atoms with Gasteiger partial charge in [-0.1, -0.05) is 17.4 Å². The molecule has 5 rings (SSSR count). The van der Waals surface area contributed by atoms with Gasteiger partial charge in [-0.25, -0.2) is 4.98 Å². The molecule has 2 aromatic heterocycles. The Bertz CT molecular complexity index is 1140. The number of amides is 1. The first-order chi connectivity index (χ1) is 14.2. The van der Waals surface area contributed by atoms with Crippen molar-refractivity contribution in [3.8, 4) is 11.5 Å². The predicted octanol–water partition coefficient (Wildman–Crippen LogP) is 0.646. The second-order valence-corrected chi connectivity index (χ2v) is 7.46. The number of nitrogens with one attached hydrogen (secondary N) is 1. The van der Waals surface area contributed by atoms with E-state index in [1.54, 1.807) is 12.1 Å². The van der Waals surface area contributed by atoms with Crippen molar-refractivity contribution in [3.63, 3.8) is 0 Å². The number of hydrogen-bond donors (Lipinski definition) is 1. The van der Waals surface area contributed by atoms with E-state index in [2.05, 4.69) is 15.4 Å². The van der Waals surface area contributed by atoms with Crippen LogP contribution in [-0.2, 0) is 11.3 Å². The summed E-state index contributed by atoms with van der Waals surface area (Å²) in [5.74, 6) is 0.807. The predicted molar refractivity (Wildman–Crippen MR) is 104 cm³/mol. The molecule has 0 unspecified atom stereocenters. The summed E-state index contributed by atoms with van der Waals surface area (Å²) in [4.78, 5) is 32.0. The zero-order chi connectivity index (χ0) is 19.8. The maximum atomic E-state index is 12.8. The lowest BCUT2D eigenvalue weighted by Gasteiger charge is -2.25. The first-order valence-corrected chi connectivity index (χ1v) is 9.89. The number of benzene rings is 1. The minimum absolute atomic E-state index is 0.0536. The van der Waals surface area contributed by atoms with E-state index >= 15 is 0 Å². The summed E-state index contributed by atoms with van der Waals surface area (Å²) in [6, 6.07) is 5.41. The second kappa shape index (κ2) is 7.33. The van der Waals surface area contributed by atoms with E-state index in [-0.39, 0.29) is 18.9 Å². The van der Waals surface area contributed by atoms with Crippen LogP contribution < -0.4 is 25.2 Å². The number of anilines is 1. The number of nitrogens with zero attached hydrogens (tertiary/aromatic N) is 4. The van der Waals surface area contributed by atoms with Gasteiger partial charge in [0.05, 0.1) is 13.2 Å². The molecule has 1 amide bonds. The Morgan fingerprint density at radius 2 is 2.03 bits per heavy atom. The van der Waals surface area contributed by atoms with E-state index in [1.807, 2.05) is 11.0 Å². The summed E-state index contributed by atoms with van der Waals surface area (Å²) in [7, 11) is 0. The van der Waals surface area contributed by atoms with Gasteiger partial charge in [-0.2, -0.15) is 4.52 Å². The van der Waals surface area contributed by atoms with Crippen LogP contribution in [0.5, 0.6) is 11.5 Å². The lowest BCUT2D eigenvalue weighted by atomic mass is 10.2. The molecule has 150 valence electrons. The zero-order valence-corrected chi connectivity index (χ0v) is 16.1. The molecule has 0 saturated carbocycles. The highest BCUT2D eigenvalue weighted by Gasteiger charge is 2.20. The fourth-order valence-corrected chi connectivity index (χ4v) is 4.06. The third-order valence-electron chi connectivity index (χ3n) is 4.69. The molecule has 0 spiro atoms. The topological polar surface area (TPSA) is 107 Å². The Hall–Kier alpha value is -3.18. The standard InChI is InChI=1S/C18H17N5O5S/c24-15(19-8-11-1-2-13-14(7-11)28-10-27-13)12-9-20-17-23(16(12)25)21-18(29-17)22-3-5-26-6-4-22/h1-2,7,9H,3-6,8,10H2,(H,19,24). The van der Waals surface area contributed by atoms with E-state index in [9.17, 15) is 9.59 Å². The average Bonchev–Trinajstić information content (AvgIpc) is 3.40. The summed E-state index contributed by atoms with van der Waals surface area (Å²) in [5.41, 5.74) is 0.288. The van der Waals surface area contributed by atoms with Crippen LogP contribution in [0.4, 0.5) is 5.13 Å². The molecule has 2 aliphatic heterocycles. The highest BCUT2D eigenvalue weighted by Crippen LogP contribution is 2.32. The van der Waals surface area contributed by atoms with Crippen molar-refractivity contribution in [1.82, 2.24) is 19.9 Å². The maximum Gasteiger partial charge on any atom is 0.288 e. The van der Waals surface area contributed by atoms with Crippen molar-refractivity contribution in [1.29, 1.82) is 0 Å². The molecule has 29 heavy (non-hydrogen) atoms. The van der Waals surface area contributed by atoms with Gasteiger partial charge in [0, 0.05) is 25.8 Å². The van der Waals surface area contributed by atoms with Crippen molar-refractivity contribution in [2.45, 2.75) is 6.54 Å². The quantitative estimate of drug-likeness (QED) is 0.662. The Morgan fingerprint density at radius 1 is 1.21 bits per heavy atom. The van der Waals surface area contributed by atoms with Gasteiger partial charge in [-0.3, -0.25) is 9.59 Å². The molecule has 1 aromatic carbocycles. The van der Waals surface area contributed by atoms with Gasteiger partial charge in [0.1, 0.15) is 5.56 Å². The summed E-state index contributed by atoms with van der Waals surface area (Å²) in [5, 5.41) is 7.79. The largest absolute Gasteiger partial charge is 0.454 e. The Balaban J connectivity index is 1.34. The van der Waals surface area contributed by atoms with Crippen LogP contribution >= 0.6 is 11.3 Å². The number of rotatable bonds is 4. The third-order valence-corrected chi connectivity index (χ3v) is 5.68. The van der Waals surface area contributed by atoms with Gasteiger partial charge >= 0.3 is 0 Å². The van der Waals surface area contributed by atoms with E-state index in [0.29, 0.717) is 47.9 Å². The lowest BCUT2D eigenvalue weighted by Crippen LogP contribution is -2.36. The summed E-state index contributed by atoms with van der Waals surface area (Å²) >= 11 is 1.31. The van der Waals surface area contributed by atoms with Gasteiger partial charge < -0.3 is 24.4 Å². The Kier molecular flexibility index (Phi) is 4.52.